The zero-order valence-electron chi connectivity index (χ0n) is 13.6. The van der Waals surface area contributed by atoms with Crippen LogP contribution in [-0.4, -0.2) is 18.2 Å². The molecule has 124 valence electrons. The predicted molar refractivity (Wildman–Crippen MR) is 92.0 cm³/mol. The fourth-order valence-corrected chi connectivity index (χ4v) is 2.95. The van der Waals surface area contributed by atoms with Gasteiger partial charge in [-0.1, -0.05) is 24.3 Å². The molecule has 0 saturated carbocycles. The molecule has 4 nitrogen and oxygen atoms in total. The fraction of sp³-hybridized carbons (Fsp3) is 0.250. The Hall–Kier alpha value is -2.59. The third-order valence-electron chi connectivity index (χ3n) is 4.22. The van der Waals surface area contributed by atoms with Crippen LogP contribution in [0.15, 0.2) is 48.5 Å². The maximum absolute atomic E-state index is 10.7. The molecule has 3 rings (SSSR count). The highest BCUT2D eigenvalue weighted by atomic mass is 16.5. The highest BCUT2D eigenvalue weighted by Crippen LogP contribution is 2.35. The smallest absolute Gasteiger partial charge is 0.328 e. The van der Waals surface area contributed by atoms with E-state index in [-0.39, 0.29) is 6.10 Å². The lowest BCUT2D eigenvalue weighted by Gasteiger charge is -2.14. The number of rotatable bonds is 6. The largest absolute Gasteiger partial charge is 0.497 e. The van der Waals surface area contributed by atoms with Crippen molar-refractivity contribution >= 4 is 12.0 Å². The molecule has 2 aromatic rings. The molecule has 0 radical (unpaired) electrons. The summed E-state index contributed by atoms with van der Waals surface area (Å²) in [6.07, 6.45) is 4.77. The first-order valence-electron chi connectivity index (χ1n) is 7.94. The van der Waals surface area contributed by atoms with Crippen molar-refractivity contribution in [3.8, 4) is 5.75 Å². The molecule has 0 bridgehead atoms. The minimum Gasteiger partial charge on any atom is -0.497 e. The maximum atomic E-state index is 10.7. The Labute approximate surface area is 141 Å². The van der Waals surface area contributed by atoms with Gasteiger partial charge in [-0.05, 0) is 59.4 Å². The van der Waals surface area contributed by atoms with Crippen molar-refractivity contribution in [3.63, 3.8) is 0 Å². The van der Waals surface area contributed by atoms with E-state index in [4.69, 9.17) is 14.6 Å². The van der Waals surface area contributed by atoms with Crippen LogP contribution < -0.4 is 4.74 Å². The van der Waals surface area contributed by atoms with Gasteiger partial charge in [0.05, 0.1) is 19.8 Å². The Morgan fingerprint density at radius 3 is 2.75 bits per heavy atom. The van der Waals surface area contributed by atoms with Crippen LogP contribution in [0.2, 0.25) is 0 Å². The summed E-state index contributed by atoms with van der Waals surface area (Å²) in [4.78, 5) is 10.7. The number of hydrogen-bond donors (Lipinski definition) is 1. The first-order chi connectivity index (χ1) is 11.7. The van der Waals surface area contributed by atoms with Gasteiger partial charge in [0, 0.05) is 6.08 Å². The number of carbonyl (C=O) groups is 1. The van der Waals surface area contributed by atoms with Crippen LogP contribution in [0, 0.1) is 0 Å². The number of benzene rings is 2. The third-order valence-corrected chi connectivity index (χ3v) is 4.22. The van der Waals surface area contributed by atoms with Gasteiger partial charge in [-0.25, -0.2) is 4.79 Å². The molecule has 0 aromatic heterocycles. The number of aliphatic carboxylic acids is 1. The molecule has 1 aliphatic rings. The summed E-state index contributed by atoms with van der Waals surface area (Å²) < 4.78 is 11.2. The molecule has 1 atom stereocenters. The summed E-state index contributed by atoms with van der Waals surface area (Å²) in [5.74, 6) is -0.109. The predicted octanol–water partition coefficient (Wildman–Crippen LogP) is 4.00. The SMILES string of the molecule is COc1ccc(COC2CCc3ccc(/C=C/C(=O)O)cc32)cc1. The second-order valence-electron chi connectivity index (χ2n) is 5.82. The Morgan fingerprint density at radius 2 is 2.04 bits per heavy atom. The molecule has 1 N–H and O–H groups in total. The zero-order chi connectivity index (χ0) is 16.9. The average Bonchev–Trinajstić information content (AvgIpc) is 3.01. The van der Waals surface area contributed by atoms with Gasteiger partial charge in [-0.15, -0.1) is 0 Å². The van der Waals surface area contributed by atoms with Gasteiger partial charge >= 0.3 is 5.97 Å². The highest BCUT2D eigenvalue weighted by molar-refractivity contribution is 5.85. The number of aryl methyl sites for hydroxylation is 1. The van der Waals surface area contributed by atoms with E-state index in [9.17, 15) is 4.79 Å². The molecule has 0 aliphatic heterocycles. The summed E-state index contributed by atoms with van der Waals surface area (Å²) >= 11 is 0. The van der Waals surface area contributed by atoms with Crippen molar-refractivity contribution < 1.29 is 19.4 Å². The summed E-state index contributed by atoms with van der Waals surface area (Å²) in [5.41, 5.74) is 4.43. The van der Waals surface area contributed by atoms with Crippen LogP contribution in [0.5, 0.6) is 5.75 Å². The van der Waals surface area contributed by atoms with E-state index in [0.717, 1.165) is 41.4 Å². The number of hydrogen-bond acceptors (Lipinski definition) is 3. The minimum absolute atomic E-state index is 0.0558. The van der Waals surface area contributed by atoms with Crippen molar-refractivity contribution in [3.05, 3.63) is 70.8 Å². The number of methoxy groups -OCH3 is 1. The monoisotopic (exact) mass is 324 g/mol. The summed E-state index contributed by atoms with van der Waals surface area (Å²) in [7, 11) is 1.65. The second-order valence-corrected chi connectivity index (χ2v) is 5.82. The van der Waals surface area contributed by atoms with Crippen LogP contribution in [0.3, 0.4) is 0 Å². The van der Waals surface area contributed by atoms with E-state index in [0.29, 0.717) is 6.61 Å². The Kier molecular flexibility index (Phi) is 4.96. The van der Waals surface area contributed by atoms with Gasteiger partial charge in [0.1, 0.15) is 5.75 Å². The van der Waals surface area contributed by atoms with Gasteiger partial charge in [0.2, 0.25) is 0 Å². The summed E-state index contributed by atoms with van der Waals surface area (Å²) in [5, 5.41) is 8.75. The Balaban J connectivity index is 1.68. The van der Waals surface area contributed by atoms with Gasteiger partial charge in [0.15, 0.2) is 0 Å². The minimum atomic E-state index is -0.942. The lowest BCUT2D eigenvalue weighted by atomic mass is 10.0. The van der Waals surface area contributed by atoms with Crippen LogP contribution >= 0.6 is 0 Å². The zero-order valence-corrected chi connectivity index (χ0v) is 13.6. The maximum Gasteiger partial charge on any atom is 0.328 e. The highest BCUT2D eigenvalue weighted by Gasteiger charge is 2.23. The standard InChI is InChI=1S/C20H20O4/c1-23-17-8-3-15(4-9-17)13-24-19-10-7-16-6-2-14(12-18(16)19)5-11-20(21)22/h2-6,8-9,11-12,19H,7,10,13H2,1H3,(H,21,22)/b11-5+. The molecule has 2 aromatic carbocycles. The molecule has 0 heterocycles. The van der Waals surface area contributed by atoms with Crippen molar-refractivity contribution in [2.24, 2.45) is 0 Å². The van der Waals surface area contributed by atoms with Gasteiger partial charge in [0.25, 0.3) is 0 Å². The molecule has 0 spiro atoms. The molecule has 24 heavy (non-hydrogen) atoms. The number of ether oxygens (including phenoxy) is 2. The van der Waals surface area contributed by atoms with E-state index in [1.54, 1.807) is 13.2 Å². The topological polar surface area (TPSA) is 55.8 Å². The first kappa shape index (κ1) is 16.3. The van der Waals surface area contributed by atoms with E-state index < -0.39 is 5.97 Å². The number of carboxylic acid groups (broad SMARTS) is 1. The Bertz CT molecular complexity index is 747. The summed E-state index contributed by atoms with van der Waals surface area (Å²) in [6, 6.07) is 13.9. The lowest BCUT2D eigenvalue weighted by molar-refractivity contribution is -0.131. The molecule has 0 saturated heterocycles. The van der Waals surface area contributed by atoms with E-state index in [1.807, 2.05) is 36.4 Å². The molecular formula is C20H20O4. The third kappa shape index (κ3) is 3.84. The quantitative estimate of drug-likeness (QED) is 0.816. The normalized spacial score (nSPS) is 16.3. The van der Waals surface area contributed by atoms with Crippen molar-refractivity contribution in [2.45, 2.75) is 25.6 Å². The van der Waals surface area contributed by atoms with Crippen molar-refractivity contribution in [1.29, 1.82) is 0 Å². The number of carboxylic acids is 1. The van der Waals surface area contributed by atoms with Crippen LogP contribution in [0.1, 0.15) is 34.8 Å². The molecule has 1 unspecified atom stereocenters. The Morgan fingerprint density at radius 1 is 1.25 bits per heavy atom. The van der Waals surface area contributed by atoms with Crippen LogP contribution in [0.4, 0.5) is 0 Å². The average molecular weight is 324 g/mol. The summed E-state index contributed by atoms with van der Waals surface area (Å²) in [6.45, 7) is 0.545. The van der Waals surface area contributed by atoms with Crippen molar-refractivity contribution in [1.82, 2.24) is 0 Å². The number of fused-ring (bicyclic) bond motifs is 1. The lowest BCUT2D eigenvalue weighted by Crippen LogP contribution is -2.01. The second kappa shape index (κ2) is 7.32. The van der Waals surface area contributed by atoms with E-state index in [2.05, 4.69) is 6.07 Å². The molecule has 0 fully saturated rings. The van der Waals surface area contributed by atoms with Crippen LogP contribution in [-0.2, 0) is 22.6 Å². The molecule has 0 amide bonds. The van der Waals surface area contributed by atoms with Crippen molar-refractivity contribution in [2.75, 3.05) is 7.11 Å². The molecular weight excluding hydrogens is 304 g/mol. The van der Waals surface area contributed by atoms with Gasteiger partial charge in [-0.3, -0.25) is 0 Å². The van der Waals surface area contributed by atoms with E-state index in [1.165, 1.54) is 5.56 Å². The van der Waals surface area contributed by atoms with Crippen LogP contribution in [0.25, 0.3) is 6.08 Å². The molecule has 4 heteroatoms. The molecule has 1 aliphatic carbocycles. The first-order valence-corrected chi connectivity index (χ1v) is 7.94. The van der Waals surface area contributed by atoms with E-state index >= 15 is 0 Å². The van der Waals surface area contributed by atoms with Gasteiger partial charge in [-0.2, -0.15) is 0 Å². The van der Waals surface area contributed by atoms with Gasteiger partial charge < -0.3 is 14.6 Å². The fourth-order valence-electron chi connectivity index (χ4n) is 2.95.